The molecule has 7 heteroatoms. The van der Waals surface area contributed by atoms with E-state index >= 15 is 0 Å². The molecule has 0 aliphatic carbocycles. The van der Waals surface area contributed by atoms with E-state index in [0.29, 0.717) is 37.6 Å². The number of aliphatic hydroxyl groups excluding tert-OH is 1. The van der Waals surface area contributed by atoms with E-state index in [1.807, 2.05) is 0 Å². The van der Waals surface area contributed by atoms with E-state index in [1.165, 1.54) is 23.5 Å². The van der Waals surface area contributed by atoms with Crippen molar-refractivity contribution in [2.45, 2.75) is 11.5 Å². The van der Waals surface area contributed by atoms with Crippen LogP contribution in [0, 0.1) is 0 Å². The molecular weight excluding hydrogens is 270 g/mol. The van der Waals surface area contributed by atoms with Crippen molar-refractivity contribution in [1.29, 1.82) is 0 Å². The molecule has 0 aromatic heterocycles. The monoisotopic (exact) mass is 287 g/mol. The van der Waals surface area contributed by atoms with Gasteiger partial charge in [-0.25, -0.2) is 8.42 Å². The van der Waals surface area contributed by atoms with Gasteiger partial charge in [-0.1, -0.05) is 0 Å². The van der Waals surface area contributed by atoms with Gasteiger partial charge in [-0.15, -0.1) is 0 Å². The Labute approximate surface area is 112 Å². The molecule has 1 aliphatic rings. The first-order valence-corrected chi connectivity index (χ1v) is 7.39. The van der Waals surface area contributed by atoms with Crippen molar-refractivity contribution in [3.05, 3.63) is 23.8 Å². The van der Waals surface area contributed by atoms with Gasteiger partial charge in [-0.2, -0.15) is 4.31 Å². The zero-order chi connectivity index (χ0) is 13.9. The third-order valence-corrected chi connectivity index (χ3v) is 4.92. The van der Waals surface area contributed by atoms with Crippen LogP contribution in [-0.2, 0) is 21.4 Å². The van der Waals surface area contributed by atoms with Gasteiger partial charge in [-0.05, 0) is 18.2 Å². The van der Waals surface area contributed by atoms with E-state index in [-0.39, 0.29) is 11.5 Å². The second kappa shape index (κ2) is 5.87. The lowest BCUT2D eigenvalue weighted by molar-refractivity contribution is 0.0730. The SMILES string of the molecule is COc1ccc(S(=O)(=O)N2CCOCC2)cc1CO. The predicted octanol–water partition coefficient (Wildman–Crippen LogP) is 0.208. The molecule has 0 radical (unpaired) electrons. The van der Waals surface area contributed by atoms with Crippen LogP contribution in [0.4, 0.5) is 0 Å². The summed E-state index contributed by atoms with van der Waals surface area (Å²) in [5, 5.41) is 9.24. The first kappa shape index (κ1) is 14.3. The maximum atomic E-state index is 12.4. The normalized spacial score (nSPS) is 17.4. The van der Waals surface area contributed by atoms with Crippen LogP contribution in [0.2, 0.25) is 0 Å². The molecule has 1 fully saturated rings. The number of hydrogen-bond donors (Lipinski definition) is 1. The summed E-state index contributed by atoms with van der Waals surface area (Å²) in [5.74, 6) is 0.475. The molecule has 0 unspecified atom stereocenters. The third kappa shape index (κ3) is 2.89. The van der Waals surface area contributed by atoms with Crippen LogP contribution in [0.3, 0.4) is 0 Å². The topological polar surface area (TPSA) is 76.1 Å². The van der Waals surface area contributed by atoms with Gasteiger partial charge in [0.25, 0.3) is 0 Å². The lowest BCUT2D eigenvalue weighted by Crippen LogP contribution is -2.40. The molecule has 0 spiro atoms. The first-order valence-electron chi connectivity index (χ1n) is 5.95. The van der Waals surface area contributed by atoms with Crippen LogP contribution in [0.25, 0.3) is 0 Å². The summed E-state index contributed by atoms with van der Waals surface area (Å²) >= 11 is 0. The van der Waals surface area contributed by atoms with Gasteiger partial charge >= 0.3 is 0 Å². The molecule has 0 saturated carbocycles. The minimum absolute atomic E-state index is 0.166. The minimum atomic E-state index is -3.53. The lowest BCUT2D eigenvalue weighted by atomic mass is 10.2. The van der Waals surface area contributed by atoms with E-state index in [1.54, 1.807) is 6.07 Å². The maximum Gasteiger partial charge on any atom is 0.243 e. The van der Waals surface area contributed by atoms with Crippen molar-refractivity contribution in [3.8, 4) is 5.75 Å². The summed E-state index contributed by atoms with van der Waals surface area (Å²) < 4.78 is 36.4. The summed E-state index contributed by atoms with van der Waals surface area (Å²) in [6.45, 7) is 1.24. The van der Waals surface area contributed by atoms with E-state index < -0.39 is 10.0 Å². The number of benzene rings is 1. The minimum Gasteiger partial charge on any atom is -0.496 e. The summed E-state index contributed by atoms with van der Waals surface area (Å²) in [6, 6.07) is 4.49. The van der Waals surface area contributed by atoms with Crippen LogP contribution < -0.4 is 4.74 Å². The van der Waals surface area contributed by atoms with E-state index in [4.69, 9.17) is 9.47 Å². The second-order valence-corrected chi connectivity index (χ2v) is 6.09. The van der Waals surface area contributed by atoms with Gasteiger partial charge in [0.1, 0.15) is 5.75 Å². The van der Waals surface area contributed by atoms with Crippen molar-refractivity contribution in [2.24, 2.45) is 0 Å². The number of aliphatic hydroxyl groups is 1. The number of rotatable bonds is 4. The smallest absolute Gasteiger partial charge is 0.243 e. The molecule has 1 aliphatic heterocycles. The number of methoxy groups -OCH3 is 1. The maximum absolute atomic E-state index is 12.4. The Morgan fingerprint density at radius 1 is 1.37 bits per heavy atom. The highest BCUT2D eigenvalue weighted by atomic mass is 32.2. The fourth-order valence-corrected chi connectivity index (χ4v) is 3.43. The van der Waals surface area contributed by atoms with Crippen molar-refractivity contribution in [3.63, 3.8) is 0 Å². The molecule has 6 nitrogen and oxygen atoms in total. The number of ether oxygens (including phenoxy) is 2. The molecule has 2 rings (SSSR count). The Morgan fingerprint density at radius 2 is 2.05 bits per heavy atom. The van der Waals surface area contributed by atoms with Crippen molar-refractivity contribution in [1.82, 2.24) is 4.31 Å². The van der Waals surface area contributed by atoms with Gasteiger partial charge < -0.3 is 14.6 Å². The van der Waals surface area contributed by atoms with Gasteiger partial charge in [0.2, 0.25) is 10.0 Å². The fraction of sp³-hybridized carbons (Fsp3) is 0.500. The molecule has 1 saturated heterocycles. The average molecular weight is 287 g/mol. The quantitative estimate of drug-likeness (QED) is 0.856. The number of morpholine rings is 1. The Balaban J connectivity index is 2.34. The molecule has 1 N–H and O–H groups in total. The van der Waals surface area contributed by atoms with Crippen LogP contribution in [0.5, 0.6) is 5.75 Å². The molecule has 0 atom stereocenters. The Kier molecular flexibility index (Phi) is 4.41. The number of sulfonamides is 1. The van der Waals surface area contributed by atoms with Crippen LogP contribution >= 0.6 is 0 Å². The van der Waals surface area contributed by atoms with Gasteiger partial charge in [0, 0.05) is 18.7 Å². The van der Waals surface area contributed by atoms with Crippen LogP contribution in [0.15, 0.2) is 23.1 Å². The highest BCUT2D eigenvalue weighted by Crippen LogP contribution is 2.24. The second-order valence-electron chi connectivity index (χ2n) is 4.15. The molecule has 0 bridgehead atoms. The number of nitrogens with zero attached hydrogens (tertiary/aromatic N) is 1. The van der Waals surface area contributed by atoms with Crippen molar-refractivity contribution < 1.29 is 23.0 Å². The molecule has 106 valence electrons. The fourth-order valence-electron chi connectivity index (χ4n) is 1.97. The summed E-state index contributed by atoms with van der Waals surface area (Å²) in [6.07, 6.45) is 0. The summed E-state index contributed by atoms with van der Waals surface area (Å²) in [7, 11) is -2.06. The Hall–Kier alpha value is -1.15. The summed E-state index contributed by atoms with van der Waals surface area (Å²) in [5.41, 5.74) is 0.455. The molecular formula is C12H17NO5S. The van der Waals surface area contributed by atoms with Crippen LogP contribution in [0.1, 0.15) is 5.56 Å². The molecule has 1 heterocycles. The van der Waals surface area contributed by atoms with E-state index in [2.05, 4.69) is 0 Å². The van der Waals surface area contributed by atoms with E-state index in [9.17, 15) is 13.5 Å². The van der Waals surface area contributed by atoms with Gasteiger partial charge in [0.15, 0.2) is 0 Å². The first-order chi connectivity index (χ1) is 9.09. The average Bonchev–Trinajstić information content (AvgIpc) is 2.47. The molecule has 1 aromatic rings. The standard InChI is InChI=1S/C12H17NO5S/c1-17-12-3-2-11(8-10(12)9-14)19(15,16)13-4-6-18-7-5-13/h2-3,8,14H,4-7,9H2,1H3. The van der Waals surface area contributed by atoms with Crippen molar-refractivity contribution >= 4 is 10.0 Å². The third-order valence-electron chi connectivity index (χ3n) is 3.03. The Morgan fingerprint density at radius 3 is 2.63 bits per heavy atom. The molecule has 0 amide bonds. The molecule has 1 aromatic carbocycles. The lowest BCUT2D eigenvalue weighted by Gasteiger charge is -2.26. The zero-order valence-electron chi connectivity index (χ0n) is 10.7. The highest BCUT2D eigenvalue weighted by Gasteiger charge is 2.26. The molecule has 19 heavy (non-hydrogen) atoms. The predicted molar refractivity (Wildman–Crippen MR) is 68.5 cm³/mol. The Bertz CT molecular complexity index is 537. The summed E-state index contributed by atoms with van der Waals surface area (Å²) in [4.78, 5) is 0.166. The van der Waals surface area contributed by atoms with Gasteiger partial charge in [0.05, 0.1) is 31.8 Å². The number of hydrogen-bond acceptors (Lipinski definition) is 5. The largest absolute Gasteiger partial charge is 0.496 e. The van der Waals surface area contributed by atoms with Gasteiger partial charge in [-0.3, -0.25) is 0 Å². The van der Waals surface area contributed by atoms with Crippen molar-refractivity contribution in [2.75, 3.05) is 33.4 Å². The highest BCUT2D eigenvalue weighted by molar-refractivity contribution is 7.89. The van der Waals surface area contributed by atoms with E-state index in [0.717, 1.165) is 0 Å². The van der Waals surface area contributed by atoms with Crippen LogP contribution in [-0.4, -0.2) is 51.2 Å². The zero-order valence-corrected chi connectivity index (χ0v) is 11.5.